The maximum atomic E-state index is 10.5. The molecule has 1 aliphatic heterocycles. The van der Waals surface area contributed by atoms with E-state index < -0.39 is 6.10 Å². The SMILES string of the molecule is CCN1CCOC(C(O)c2cc3cccc(Cl)c3o2)C1. The van der Waals surface area contributed by atoms with Crippen LogP contribution < -0.4 is 0 Å². The second kappa shape index (κ2) is 5.74. The number of rotatable bonds is 3. The Kier molecular flexibility index (Phi) is 3.98. The van der Waals surface area contributed by atoms with Gasteiger partial charge in [0, 0.05) is 18.5 Å². The molecule has 5 heteroatoms. The van der Waals surface area contributed by atoms with Gasteiger partial charge in [0.15, 0.2) is 5.58 Å². The van der Waals surface area contributed by atoms with Crippen molar-refractivity contribution in [2.24, 2.45) is 0 Å². The summed E-state index contributed by atoms with van der Waals surface area (Å²) in [4.78, 5) is 2.26. The molecule has 0 radical (unpaired) electrons. The normalized spacial score (nSPS) is 22.2. The second-order valence-electron chi connectivity index (χ2n) is 5.05. The highest BCUT2D eigenvalue weighted by atomic mass is 35.5. The Morgan fingerprint density at radius 3 is 3.10 bits per heavy atom. The third kappa shape index (κ3) is 2.56. The molecule has 0 spiro atoms. The minimum Gasteiger partial charge on any atom is -0.457 e. The van der Waals surface area contributed by atoms with Crippen LogP contribution in [-0.2, 0) is 4.74 Å². The van der Waals surface area contributed by atoms with Crippen LogP contribution in [0.1, 0.15) is 18.8 Å². The van der Waals surface area contributed by atoms with E-state index in [1.165, 1.54) is 0 Å². The maximum Gasteiger partial charge on any atom is 0.152 e. The summed E-state index contributed by atoms with van der Waals surface area (Å²) < 4.78 is 11.4. The molecule has 20 heavy (non-hydrogen) atoms. The number of ether oxygens (including phenoxy) is 1. The summed E-state index contributed by atoms with van der Waals surface area (Å²) >= 11 is 6.09. The Morgan fingerprint density at radius 1 is 1.50 bits per heavy atom. The van der Waals surface area contributed by atoms with E-state index >= 15 is 0 Å². The van der Waals surface area contributed by atoms with Crippen LogP contribution >= 0.6 is 11.6 Å². The van der Waals surface area contributed by atoms with Crippen LogP contribution in [0.25, 0.3) is 11.0 Å². The van der Waals surface area contributed by atoms with Gasteiger partial charge in [0.1, 0.15) is 18.0 Å². The molecule has 1 aromatic heterocycles. The van der Waals surface area contributed by atoms with Crippen LogP contribution in [0.15, 0.2) is 28.7 Å². The molecular formula is C15H18ClNO3. The molecule has 4 nitrogen and oxygen atoms in total. The van der Waals surface area contributed by atoms with Crippen molar-refractivity contribution in [3.05, 3.63) is 35.0 Å². The van der Waals surface area contributed by atoms with Gasteiger partial charge < -0.3 is 14.3 Å². The van der Waals surface area contributed by atoms with Crippen LogP contribution in [0.2, 0.25) is 5.02 Å². The zero-order valence-electron chi connectivity index (χ0n) is 11.4. The summed E-state index contributed by atoms with van der Waals surface area (Å²) in [7, 11) is 0. The summed E-state index contributed by atoms with van der Waals surface area (Å²) in [6, 6.07) is 7.40. The standard InChI is InChI=1S/C15H18ClNO3/c1-2-17-6-7-19-13(9-17)14(18)12-8-10-4-3-5-11(16)15(10)20-12/h3-5,8,13-14,18H,2,6-7,9H2,1H3. The lowest BCUT2D eigenvalue weighted by molar-refractivity contribution is -0.0940. The van der Waals surface area contributed by atoms with Crippen molar-refractivity contribution in [3.8, 4) is 0 Å². The zero-order chi connectivity index (χ0) is 14.1. The fourth-order valence-corrected chi connectivity index (χ4v) is 2.81. The second-order valence-corrected chi connectivity index (χ2v) is 5.46. The van der Waals surface area contributed by atoms with Crippen molar-refractivity contribution >= 4 is 22.6 Å². The number of hydrogen-bond acceptors (Lipinski definition) is 4. The van der Waals surface area contributed by atoms with Gasteiger partial charge in [-0.1, -0.05) is 30.7 Å². The van der Waals surface area contributed by atoms with Gasteiger partial charge in [0.05, 0.1) is 11.6 Å². The lowest BCUT2D eigenvalue weighted by Gasteiger charge is -2.33. The third-order valence-electron chi connectivity index (χ3n) is 3.78. The fourth-order valence-electron chi connectivity index (χ4n) is 2.59. The zero-order valence-corrected chi connectivity index (χ0v) is 12.1. The van der Waals surface area contributed by atoms with E-state index in [4.69, 9.17) is 20.8 Å². The summed E-state index contributed by atoms with van der Waals surface area (Å²) in [5, 5.41) is 11.9. The molecule has 108 valence electrons. The highest BCUT2D eigenvalue weighted by Gasteiger charge is 2.29. The molecular weight excluding hydrogens is 278 g/mol. The van der Waals surface area contributed by atoms with E-state index in [1.54, 1.807) is 6.07 Å². The fraction of sp³-hybridized carbons (Fsp3) is 0.467. The van der Waals surface area contributed by atoms with Gasteiger partial charge in [-0.15, -0.1) is 0 Å². The summed E-state index contributed by atoms with van der Waals surface area (Å²) in [5.74, 6) is 0.510. The molecule has 0 saturated carbocycles. The number of benzene rings is 1. The van der Waals surface area contributed by atoms with Gasteiger partial charge in [0.2, 0.25) is 0 Å². The van der Waals surface area contributed by atoms with Crippen molar-refractivity contribution in [2.75, 3.05) is 26.2 Å². The number of aliphatic hydroxyl groups is 1. The predicted octanol–water partition coefficient (Wildman–Crippen LogP) is 2.84. The first-order chi connectivity index (χ1) is 9.69. The number of likely N-dealkylation sites (N-methyl/N-ethyl adjacent to an activating group) is 1. The minimum atomic E-state index is -0.771. The van der Waals surface area contributed by atoms with Crippen molar-refractivity contribution in [3.63, 3.8) is 0 Å². The van der Waals surface area contributed by atoms with E-state index in [2.05, 4.69) is 11.8 Å². The average Bonchev–Trinajstić information content (AvgIpc) is 2.92. The molecule has 2 aromatic rings. The quantitative estimate of drug-likeness (QED) is 0.946. The summed E-state index contributed by atoms with van der Waals surface area (Å²) in [5.41, 5.74) is 0.617. The Bertz CT molecular complexity index is 598. The maximum absolute atomic E-state index is 10.5. The molecule has 1 fully saturated rings. The van der Waals surface area contributed by atoms with Crippen molar-refractivity contribution in [1.29, 1.82) is 0 Å². The molecule has 1 saturated heterocycles. The first-order valence-corrected chi connectivity index (χ1v) is 7.27. The largest absolute Gasteiger partial charge is 0.457 e. The van der Waals surface area contributed by atoms with Crippen molar-refractivity contribution < 1.29 is 14.3 Å². The lowest BCUT2D eigenvalue weighted by Crippen LogP contribution is -2.44. The summed E-state index contributed by atoms with van der Waals surface area (Å²) in [6.45, 7) is 5.32. The van der Waals surface area contributed by atoms with E-state index in [1.807, 2.05) is 18.2 Å². The molecule has 3 rings (SSSR count). The van der Waals surface area contributed by atoms with Crippen LogP contribution in [-0.4, -0.2) is 42.4 Å². The number of morpholine rings is 1. The smallest absolute Gasteiger partial charge is 0.152 e. The number of nitrogens with zero attached hydrogens (tertiary/aromatic N) is 1. The highest BCUT2D eigenvalue weighted by Crippen LogP contribution is 2.31. The summed E-state index contributed by atoms with van der Waals surface area (Å²) in [6.07, 6.45) is -1.03. The van der Waals surface area contributed by atoms with E-state index in [9.17, 15) is 5.11 Å². The number of hydrogen-bond donors (Lipinski definition) is 1. The van der Waals surface area contributed by atoms with Crippen LogP contribution in [0.3, 0.4) is 0 Å². The molecule has 0 bridgehead atoms. The van der Waals surface area contributed by atoms with Crippen LogP contribution in [0, 0.1) is 0 Å². The molecule has 1 N–H and O–H groups in total. The molecule has 1 aliphatic rings. The number of para-hydroxylation sites is 1. The number of aliphatic hydroxyl groups excluding tert-OH is 1. The van der Waals surface area contributed by atoms with Gasteiger partial charge >= 0.3 is 0 Å². The van der Waals surface area contributed by atoms with Gasteiger partial charge in [-0.05, 0) is 18.7 Å². The van der Waals surface area contributed by atoms with Gasteiger partial charge in [0.25, 0.3) is 0 Å². The molecule has 0 aliphatic carbocycles. The Labute approximate surface area is 122 Å². The van der Waals surface area contributed by atoms with Crippen LogP contribution in [0.5, 0.6) is 0 Å². The Balaban J connectivity index is 1.84. The molecule has 0 amide bonds. The van der Waals surface area contributed by atoms with Crippen molar-refractivity contribution in [1.82, 2.24) is 4.90 Å². The molecule has 2 atom stereocenters. The van der Waals surface area contributed by atoms with Crippen LogP contribution in [0.4, 0.5) is 0 Å². The van der Waals surface area contributed by atoms with E-state index in [-0.39, 0.29) is 6.10 Å². The number of furan rings is 1. The number of halogens is 1. The molecule has 2 unspecified atom stereocenters. The highest BCUT2D eigenvalue weighted by molar-refractivity contribution is 6.34. The first kappa shape index (κ1) is 13.9. The third-order valence-corrected chi connectivity index (χ3v) is 4.08. The van der Waals surface area contributed by atoms with E-state index in [0.29, 0.717) is 29.5 Å². The first-order valence-electron chi connectivity index (χ1n) is 6.89. The minimum absolute atomic E-state index is 0.261. The van der Waals surface area contributed by atoms with Gasteiger partial charge in [-0.25, -0.2) is 0 Å². The topological polar surface area (TPSA) is 45.8 Å². The Hall–Kier alpha value is -1.07. The average molecular weight is 296 g/mol. The Morgan fingerprint density at radius 2 is 2.35 bits per heavy atom. The predicted molar refractivity (Wildman–Crippen MR) is 78.0 cm³/mol. The molecule has 2 heterocycles. The van der Waals surface area contributed by atoms with Crippen molar-refractivity contribution in [2.45, 2.75) is 19.1 Å². The monoisotopic (exact) mass is 295 g/mol. The lowest BCUT2D eigenvalue weighted by atomic mass is 10.1. The van der Waals surface area contributed by atoms with Gasteiger partial charge in [-0.2, -0.15) is 0 Å². The molecule has 1 aromatic carbocycles. The number of fused-ring (bicyclic) bond motifs is 1. The van der Waals surface area contributed by atoms with Gasteiger partial charge in [-0.3, -0.25) is 4.90 Å². The van der Waals surface area contributed by atoms with E-state index in [0.717, 1.165) is 18.5 Å².